The Morgan fingerprint density at radius 3 is 2.75 bits per heavy atom. The number of ether oxygens (including phenoxy) is 1. The van der Waals surface area contributed by atoms with Crippen molar-refractivity contribution in [2.45, 2.75) is 37.7 Å². The highest BCUT2D eigenvalue weighted by Crippen LogP contribution is 2.32. The molecule has 2 N–H and O–H groups in total. The van der Waals surface area contributed by atoms with Crippen LogP contribution in [-0.2, 0) is 9.53 Å². The van der Waals surface area contributed by atoms with Crippen molar-refractivity contribution < 1.29 is 9.53 Å². The van der Waals surface area contributed by atoms with Crippen LogP contribution >= 0.6 is 0 Å². The summed E-state index contributed by atoms with van der Waals surface area (Å²) < 4.78 is 5.52. The second-order valence-electron chi connectivity index (χ2n) is 6.76. The van der Waals surface area contributed by atoms with Crippen LogP contribution in [-0.4, -0.2) is 41.6 Å². The molecule has 126 valence electrons. The average molecular weight is 325 g/mol. The molecule has 3 heterocycles. The molecule has 2 fully saturated rings. The minimum atomic E-state index is -0.217. The first-order chi connectivity index (χ1) is 11.7. The lowest BCUT2D eigenvalue weighted by molar-refractivity contribution is -0.142. The molecule has 2 aliphatic heterocycles. The number of nitrogens with zero attached hydrogens (tertiary/aromatic N) is 2. The van der Waals surface area contributed by atoms with Crippen LogP contribution in [0.5, 0.6) is 0 Å². The zero-order chi connectivity index (χ0) is 16.5. The van der Waals surface area contributed by atoms with Gasteiger partial charge in [0.1, 0.15) is 6.10 Å². The molecule has 5 heteroatoms. The van der Waals surface area contributed by atoms with Gasteiger partial charge >= 0.3 is 0 Å². The first kappa shape index (κ1) is 15.4. The first-order valence-corrected chi connectivity index (χ1v) is 8.78. The predicted molar refractivity (Wildman–Crippen MR) is 93.7 cm³/mol. The minimum Gasteiger partial charge on any atom is -0.397 e. The number of likely N-dealkylation sites (tertiary alicyclic amines) is 1. The van der Waals surface area contributed by atoms with Crippen molar-refractivity contribution in [3.8, 4) is 0 Å². The molecule has 5 nitrogen and oxygen atoms in total. The number of pyridine rings is 1. The van der Waals surface area contributed by atoms with Crippen molar-refractivity contribution in [1.29, 1.82) is 0 Å². The van der Waals surface area contributed by atoms with Gasteiger partial charge in [-0.2, -0.15) is 0 Å². The fourth-order valence-corrected chi connectivity index (χ4v) is 3.82. The summed E-state index contributed by atoms with van der Waals surface area (Å²) in [5, 5.41) is 1.07. The van der Waals surface area contributed by atoms with E-state index in [1.165, 1.54) is 0 Å². The van der Waals surface area contributed by atoms with Crippen molar-refractivity contribution in [3.05, 3.63) is 36.0 Å². The summed E-state index contributed by atoms with van der Waals surface area (Å²) in [6.07, 6.45) is 3.45. The molecule has 0 saturated carbocycles. The lowest BCUT2D eigenvalue weighted by Crippen LogP contribution is -2.43. The number of anilines is 1. The van der Waals surface area contributed by atoms with Crippen LogP contribution in [0.1, 0.15) is 37.3 Å². The Kier molecular flexibility index (Phi) is 4.10. The molecule has 4 rings (SSSR count). The Labute approximate surface area is 141 Å². The Hall–Kier alpha value is -2.14. The highest BCUT2D eigenvalue weighted by molar-refractivity contribution is 5.82. The molecular formula is C19H23N3O2. The van der Waals surface area contributed by atoms with E-state index in [0.29, 0.717) is 12.5 Å². The molecule has 2 aromatic rings. The standard InChI is InChI=1S/C19H23N3O2/c20-15-12-14-4-1-2-5-16(14)21-18(15)13-7-9-22(10-8-13)19(23)17-6-3-11-24-17/h1-2,4-5,12-13,17H,3,6-11,20H2/t17-/m1/s1. The molecule has 2 saturated heterocycles. The Morgan fingerprint density at radius 2 is 2.00 bits per heavy atom. The molecular weight excluding hydrogens is 302 g/mol. The second kappa shape index (κ2) is 6.40. The van der Waals surface area contributed by atoms with Gasteiger partial charge in [0.25, 0.3) is 5.91 Å². The number of hydrogen-bond acceptors (Lipinski definition) is 4. The Morgan fingerprint density at radius 1 is 1.21 bits per heavy atom. The molecule has 1 amide bonds. The third kappa shape index (κ3) is 2.84. The lowest BCUT2D eigenvalue weighted by atomic mass is 9.91. The van der Waals surface area contributed by atoms with Crippen molar-refractivity contribution >= 4 is 22.5 Å². The maximum absolute atomic E-state index is 12.4. The van der Waals surface area contributed by atoms with Crippen LogP contribution in [0.15, 0.2) is 30.3 Å². The van der Waals surface area contributed by atoms with E-state index in [4.69, 9.17) is 15.5 Å². The maximum Gasteiger partial charge on any atom is 0.251 e. The van der Waals surface area contributed by atoms with Gasteiger partial charge in [-0.05, 0) is 37.8 Å². The normalized spacial score (nSPS) is 22.2. The van der Waals surface area contributed by atoms with Crippen molar-refractivity contribution in [1.82, 2.24) is 9.88 Å². The van der Waals surface area contributed by atoms with E-state index in [-0.39, 0.29) is 12.0 Å². The topological polar surface area (TPSA) is 68.5 Å². The van der Waals surface area contributed by atoms with Gasteiger partial charge in [0.2, 0.25) is 0 Å². The van der Waals surface area contributed by atoms with Gasteiger partial charge in [-0.15, -0.1) is 0 Å². The van der Waals surface area contributed by atoms with Crippen LogP contribution in [0.25, 0.3) is 10.9 Å². The van der Waals surface area contributed by atoms with E-state index >= 15 is 0 Å². The number of fused-ring (bicyclic) bond motifs is 1. The van der Waals surface area contributed by atoms with Gasteiger partial charge in [-0.1, -0.05) is 18.2 Å². The number of rotatable bonds is 2. The molecule has 0 aliphatic carbocycles. The Balaban J connectivity index is 1.47. The van der Waals surface area contributed by atoms with Gasteiger partial charge in [0.15, 0.2) is 0 Å². The SMILES string of the molecule is Nc1cc2ccccc2nc1C1CCN(C(=O)[C@H]2CCCO2)CC1. The summed E-state index contributed by atoms with van der Waals surface area (Å²) in [6.45, 7) is 2.24. The first-order valence-electron chi connectivity index (χ1n) is 8.78. The number of para-hydroxylation sites is 1. The lowest BCUT2D eigenvalue weighted by Gasteiger charge is -2.33. The molecule has 0 bridgehead atoms. The fraction of sp³-hybridized carbons (Fsp3) is 0.474. The second-order valence-corrected chi connectivity index (χ2v) is 6.76. The number of aromatic nitrogens is 1. The summed E-state index contributed by atoms with van der Waals surface area (Å²) in [5.74, 6) is 0.480. The van der Waals surface area contributed by atoms with E-state index < -0.39 is 0 Å². The number of hydrogen-bond donors (Lipinski definition) is 1. The number of carbonyl (C=O) groups is 1. The van der Waals surface area contributed by atoms with E-state index in [9.17, 15) is 4.79 Å². The van der Waals surface area contributed by atoms with Crippen LogP contribution in [0, 0.1) is 0 Å². The zero-order valence-corrected chi connectivity index (χ0v) is 13.8. The van der Waals surface area contributed by atoms with Gasteiger partial charge < -0.3 is 15.4 Å². The predicted octanol–water partition coefficient (Wildman–Crippen LogP) is 2.70. The molecule has 2 aliphatic rings. The van der Waals surface area contributed by atoms with E-state index in [1.807, 2.05) is 35.2 Å². The van der Waals surface area contributed by atoms with E-state index in [1.54, 1.807) is 0 Å². The van der Waals surface area contributed by atoms with Crippen molar-refractivity contribution in [2.24, 2.45) is 0 Å². The summed E-state index contributed by atoms with van der Waals surface area (Å²) in [4.78, 5) is 19.2. The third-order valence-corrected chi connectivity index (χ3v) is 5.18. The van der Waals surface area contributed by atoms with Crippen LogP contribution in [0.3, 0.4) is 0 Å². The Bertz CT molecular complexity index is 747. The van der Waals surface area contributed by atoms with Gasteiger partial charge in [0, 0.05) is 31.0 Å². The number of nitrogen functional groups attached to an aromatic ring is 1. The van der Waals surface area contributed by atoms with E-state index in [0.717, 1.165) is 61.1 Å². The monoisotopic (exact) mass is 325 g/mol. The molecule has 1 aromatic heterocycles. The van der Waals surface area contributed by atoms with Gasteiger partial charge in [-0.25, -0.2) is 0 Å². The largest absolute Gasteiger partial charge is 0.397 e. The van der Waals surface area contributed by atoms with E-state index in [2.05, 4.69) is 0 Å². The van der Waals surface area contributed by atoms with Gasteiger partial charge in [0.05, 0.1) is 16.9 Å². The van der Waals surface area contributed by atoms with Crippen LogP contribution < -0.4 is 5.73 Å². The number of benzene rings is 1. The highest BCUT2D eigenvalue weighted by atomic mass is 16.5. The molecule has 24 heavy (non-hydrogen) atoms. The van der Waals surface area contributed by atoms with Crippen molar-refractivity contribution in [3.63, 3.8) is 0 Å². The molecule has 1 atom stereocenters. The maximum atomic E-state index is 12.4. The summed E-state index contributed by atoms with van der Waals surface area (Å²) in [7, 11) is 0. The summed E-state index contributed by atoms with van der Waals surface area (Å²) >= 11 is 0. The number of carbonyl (C=O) groups excluding carboxylic acids is 1. The number of nitrogens with two attached hydrogens (primary N) is 1. The number of amides is 1. The molecule has 0 spiro atoms. The zero-order valence-electron chi connectivity index (χ0n) is 13.8. The quantitative estimate of drug-likeness (QED) is 0.922. The molecule has 1 aromatic carbocycles. The van der Waals surface area contributed by atoms with Crippen LogP contribution in [0.4, 0.5) is 5.69 Å². The smallest absolute Gasteiger partial charge is 0.251 e. The summed E-state index contributed by atoms with van der Waals surface area (Å²) in [5.41, 5.74) is 8.98. The highest BCUT2D eigenvalue weighted by Gasteiger charge is 2.32. The molecule has 0 unspecified atom stereocenters. The summed E-state index contributed by atoms with van der Waals surface area (Å²) in [6, 6.07) is 10.1. The average Bonchev–Trinajstić information content (AvgIpc) is 3.15. The van der Waals surface area contributed by atoms with Crippen LogP contribution in [0.2, 0.25) is 0 Å². The minimum absolute atomic E-state index is 0.158. The van der Waals surface area contributed by atoms with Gasteiger partial charge in [-0.3, -0.25) is 9.78 Å². The van der Waals surface area contributed by atoms with Crippen molar-refractivity contribution in [2.75, 3.05) is 25.4 Å². The third-order valence-electron chi connectivity index (χ3n) is 5.18. The fourth-order valence-electron chi connectivity index (χ4n) is 3.82. The molecule has 0 radical (unpaired) electrons. The number of piperidine rings is 1.